The Hall–Kier alpha value is -1.11. The fourth-order valence-corrected chi connectivity index (χ4v) is 2.49. The Morgan fingerprint density at radius 3 is 2.32 bits per heavy atom. The molecule has 1 aromatic carbocycles. The van der Waals surface area contributed by atoms with Gasteiger partial charge in [-0.1, -0.05) is 0 Å². The number of hydrogen-bond donors (Lipinski definition) is 1. The molecule has 1 rings (SSSR count). The van der Waals surface area contributed by atoms with Crippen LogP contribution in [0.5, 0.6) is 0 Å². The standard InChI is InChI=1S/C13H22N2O3S/c1-11(9-10-18-4)14-12-5-7-13(8-6-12)19(16,17)15(2)3/h5-8,11,14H,9-10H2,1-4H3. The first kappa shape index (κ1) is 15.9. The van der Waals surface area contributed by atoms with Gasteiger partial charge in [-0.3, -0.25) is 0 Å². The van der Waals surface area contributed by atoms with E-state index in [2.05, 4.69) is 12.2 Å². The number of rotatable bonds is 7. The van der Waals surface area contributed by atoms with Crippen molar-refractivity contribution < 1.29 is 13.2 Å². The van der Waals surface area contributed by atoms with Crippen molar-refractivity contribution in [2.45, 2.75) is 24.3 Å². The lowest BCUT2D eigenvalue weighted by Crippen LogP contribution is -2.22. The number of hydrogen-bond acceptors (Lipinski definition) is 4. The third-order valence-corrected chi connectivity index (χ3v) is 4.63. The lowest BCUT2D eigenvalue weighted by Gasteiger charge is -2.16. The smallest absolute Gasteiger partial charge is 0.242 e. The topological polar surface area (TPSA) is 58.6 Å². The van der Waals surface area contributed by atoms with Gasteiger partial charge >= 0.3 is 0 Å². The van der Waals surface area contributed by atoms with Gasteiger partial charge in [0.25, 0.3) is 0 Å². The van der Waals surface area contributed by atoms with Gasteiger partial charge in [-0.25, -0.2) is 12.7 Å². The van der Waals surface area contributed by atoms with E-state index in [1.54, 1.807) is 31.4 Å². The Morgan fingerprint density at radius 2 is 1.84 bits per heavy atom. The number of nitrogens with one attached hydrogen (secondary N) is 1. The van der Waals surface area contributed by atoms with E-state index in [1.165, 1.54) is 18.4 Å². The molecule has 0 heterocycles. The minimum atomic E-state index is -3.35. The number of methoxy groups -OCH3 is 1. The van der Waals surface area contributed by atoms with Crippen LogP contribution in [-0.4, -0.2) is 46.6 Å². The zero-order chi connectivity index (χ0) is 14.5. The highest BCUT2D eigenvalue weighted by Crippen LogP contribution is 2.17. The lowest BCUT2D eigenvalue weighted by atomic mass is 10.2. The second kappa shape index (κ2) is 6.88. The van der Waals surface area contributed by atoms with Gasteiger partial charge in [-0.05, 0) is 37.6 Å². The van der Waals surface area contributed by atoms with Crippen molar-refractivity contribution in [1.82, 2.24) is 4.31 Å². The fraction of sp³-hybridized carbons (Fsp3) is 0.538. The molecule has 0 aliphatic carbocycles. The molecule has 1 aromatic rings. The number of anilines is 1. The van der Waals surface area contributed by atoms with Crippen LogP contribution in [0.15, 0.2) is 29.2 Å². The molecule has 0 spiro atoms. The molecule has 0 aromatic heterocycles. The largest absolute Gasteiger partial charge is 0.385 e. The van der Waals surface area contributed by atoms with E-state index in [-0.39, 0.29) is 6.04 Å². The van der Waals surface area contributed by atoms with Gasteiger partial charge in [0.1, 0.15) is 0 Å². The second-order valence-corrected chi connectivity index (χ2v) is 6.79. The molecular formula is C13H22N2O3S. The molecule has 0 bridgehead atoms. The summed E-state index contributed by atoms with van der Waals surface area (Å²) in [6.07, 6.45) is 0.897. The Morgan fingerprint density at radius 1 is 1.26 bits per heavy atom. The van der Waals surface area contributed by atoms with Crippen LogP contribution >= 0.6 is 0 Å². The Balaban J connectivity index is 2.72. The van der Waals surface area contributed by atoms with Gasteiger partial charge in [0.05, 0.1) is 4.90 Å². The van der Waals surface area contributed by atoms with E-state index in [4.69, 9.17) is 4.74 Å². The first-order valence-electron chi connectivity index (χ1n) is 6.16. The Bertz CT molecular complexity index is 483. The average molecular weight is 286 g/mol. The zero-order valence-corrected chi connectivity index (χ0v) is 12.7. The molecule has 0 saturated carbocycles. The molecule has 0 aliphatic rings. The van der Waals surface area contributed by atoms with Gasteiger partial charge in [-0.2, -0.15) is 0 Å². The van der Waals surface area contributed by atoms with Crippen molar-refractivity contribution in [3.8, 4) is 0 Å². The van der Waals surface area contributed by atoms with Crippen molar-refractivity contribution in [3.05, 3.63) is 24.3 Å². The van der Waals surface area contributed by atoms with E-state index in [9.17, 15) is 8.42 Å². The van der Waals surface area contributed by atoms with E-state index in [1.807, 2.05) is 0 Å². The molecule has 1 atom stereocenters. The first-order valence-corrected chi connectivity index (χ1v) is 7.60. The Labute approximate surface area is 115 Å². The molecule has 19 heavy (non-hydrogen) atoms. The quantitative estimate of drug-likeness (QED) is 0.830. The van der Waals surface area contributed by atoms with Crippen LogP contribution in [0.3, 0.4) is 0 Å². The van der Waals surface area contributed by atoms with Gasteiger partial charge in [0, 0.05) is 39.5 Å². The van der Waals surface area contributed by atoms with Gasteiger partial charge < -0.3 is 10.1 Å². The lowest BCUT2D eigenvalue weighted by molar-refractivity contribution is 0.191. The number of ether oxygens (including phenoxy) is 1. The van der Waals surface area contributed by atoms with Crippen LogP contribution in [0.25, 0.3) is 0 Å². The average Bonchev–Trinajstić information content (AvgIpc) is 2.36. The molecule has 0 fully saturated rings. The van der Waals surface area contributed by atoms with Crippen LogP contribution in [0.1, 0.15) is 13.3 Å². The van der Waals surface area contributed by atoms with Gasteiger partial charge in [0.2, 0.25) is 10.0 Å². The summed E-state index contributed by atoms with van der Waals surface area (Å²) in [5.74, 6) is 0. The van der Waals surface area contributed by atoms with Crippen LogP contribution in [0.2, 0.25) is 0 Å². The molecule has 6 heteroatoms. The number of nitrogens with zero attached hydrogens (tertiary/aromatic N) is 1. The summed E-state index contributed by atoms with van der Waals surface area (Å²) in [5, 5.41) is 3.30. The highest BCUT2D eigenvalue weighted by Gasteiger charge is 2.16. The predicted octanol–water partition coefficient (Wildman–Crippen LogP) is 1.77. The summed E-state index contributed by atoms with van der Waals surface area (Å²) >= 11 is 0. The summed E-state index contributed by atoms with van der Waals surface area (Å²) in [6.45, 7) is 2.75. The SMILES string of the molecule is COCCC(C)Nc1ccc(S(=O)(=O)N(C)C)cc1. The molecule has 0 amide bonds. The van der Waals surface area contributed by atoms with E-state index < -0.39 is 10.0 Å². The highest BCUT2D eigenvalue weighted by molar-refractivity contribution is 7.89. The molecule has 1 unspecified atom stereocenters. The molecule has 108 valence electrons. The molecule has 0 aliphatic heterocycles. The van der Waals surface area contributed by atoms with Crippen LogP contribution in [-0.2, 0) is 14.8 Å². The fourth-order valence-electron chi connectivity index (χ4n) is 1.59. The summed E-state index contributed by atoms with van der Waals surface area (Å²) < 4.78 is 30.0. The maximum atomic E-state index is 11.9. The number of benzene rings is 1. The molecule has 1 N–H and O–H groups in total. The maximum absolute atomic E-state index is 11.9. The maximum Gasteiger partial charge on any atom is 0.242 e. The van der Waals surface area contributed by atoms with Gasteiger partial charge in [-0.15, -0.1) is 0 Å². The number of sulfonamides is 1. The van der Waals surface area contributed by atoms with Crippen molar-refractivity contribution in [2.24, 2.45) is 0 Å². The van der Waals surface area contributed by atoms with Crippen molar-refractivity contribution in [2.75, 3.05) is 33.1 Å². The van der Waals surface area contributed by atoms with Crippen LogP contribution in [0, 0.1) is 0 Å². The summed E-state index contributed by atoms with van der Waals surface area (Å²) in [6, 6.07) is 7.05. The molecule has 5 nitrogen and oxygen atoms in total. The summed E-state index contributed by atoms with van der Waals surface area (Å²) in [7, 11) is 1.37. The van der Waals surface area contributed by atoms with Crippen molar-refractivity contribution in [1.29, 1.82) is 0 Å². The van der Waals surface area contributed by atoms with Crippen molar-refractivity contribution in [3.63, 3.8) is 0 Å². The van der Waals surface area contributed by atoms with Crippen molar-refractivity contribution >= 4 is 15.7 Å². The van der Waals surface area contributed by atoms with E-state index in [0.29, 0.717) is 11.5 Å². The highest BCUT2D eigenvalue weighted by atomic mass is 32.2. The van der Waals surface area contributed by atoms with Gasteiger partial charge in [0.15, 0.2) is 0 Å². The molecular weight excluding hydrogens is 264 g/mol. The summed E-state index contributed by atoms with van der Waals surface area (Å²) in [5.41, 5.74) is 0.904. The van der Waals surface area contributed by atoms with Crippen LogP contribution in [0.4, 0.5) is 5.69 Å². The molecule has 0 radical (unpaired) electrons. The Kier molecular flexibility index (Phi) is 5.78. The molecule has 0 saturated heterocycles. The van der Waals surface area contributed by atoms with E-state index >= 15 is 0 Å². The van der Waals surface area contributed by atoms with Crippen LogP contribution < -0.4 is 5.32 Å². The summed E-state index contributed by atoms with van der Waals surface area (Å²) in [4.78, 5) is 0.299. The first-order chi connectivity index (χ1) is 8.87. The third kappa shape index (κ3) is 4.49. The third-order valence-electron chi connectivity index (χ3n) is 2.80. The zero-order valence-electron chi connectivity index (χ0n) is 11.9. The van der Waals surface area contributed by atoms with E-state index in [0.717, 1.165) is 12.1 Å². The minimum Gasteiger partial charge on any atom is -0.385 e. The predicted molar refractivity (Wildman–Crippen MR) is 76.9 cm³/mol. The monoisotopic (exact) mass is 286 g/mol. The second-order valence-electron chi connectivity index (χ2n) is 4.64. The minimum absolute atomic E-state index is 0.274. The normalized spacial score (nSPS) is 13.5.